The van der Waals surface area contributed by atoms with E-state index in [9.17, 15) is 4.79 Å². The minimum absolute atomic E-state index is 0. The molecule has 0 aliphatic heterocycles. The number of hydrogen-bond acceptors (Lipinski definition) is 4. The number of ether oxygens (including phenoxy) is 2. The lowest BCUT2D eigenvalue weighted by Crippen LogP contribution is -2.05. The molecule has 0 heterocycles. The van der Waals surface area contributed by atoms with Crippen LogP contribution in [-0.4, -0.2) is 25.7 Å². The summed E-state index contributed by atoms with van der Waals surface area (Å²) in [5, 5.41) is 0. The molecule has 0 aliphatic rings. The van der Waals surface area contributed by atoms with Crippen LogP contribution in [0.3, 0.4) is 0 Å². The first kappa shape index (κ1) is 18.7. The molecule has 0 amide bonds. The molecule has 0 aromatic heterocycles. The van der Waals surface area contributed by atoms with Gasteiger partial charge in [0.1, 0.15) is 5.75 Å². The van der Waals surface area contributed by atoms with E-state index in [1.165, 1.54) is 0 Å². The Hall–Kier alpha value is -1.26. The van der Waals surface area contributed by atoms with E-state index in [1.807, 2.05) is 31.2 Å². The number of esters is 1. The predicted molar refractivity (Wildman–Crippen MR) is 82.4 cm³/mol. The van der Waals surface area contributed by atoms with Gasteiger partial charge in [-0.25, -0.2) is 0 Å². The van der Waals surface area contributed by atoms with Crippen LogP contribution in [0.25, 0.3) is 0 Å². The van der Waals surface area contributed by atoms with Gasteiger partial charge in [0.2, 0.25) is 0 Å². The molecule has 0 fully saturated rings. The highest BCUT2D eigenvalue weighted by molar-refractivity contribution is 5.85. The van der Waals surface area contributed by atoms with Crippen molar-refractivity contribution < 1.29 is 14.3 Å². The zero-order valence-corrected chi connectivity index (χ0v) is 12.8. The summed E-state index contributed by atoms with van der Waals surface area (Å²) in [6.07, 6.45) is 3.08. The van der Waals surface area contributed by atoms with Gasteiger partial charge in [0.15, 0.2) is 0 Å². The molecule has 5 heteroatoms. The highest BCUT2D eigenvalue weighted by atomic mass is 35.5. The first-order valence-corrected chi connectivity index (χ1v) is 6.83. The van der Waals surface area contributed by atoms with Crippen LogP contribution in [0.5, 0.6) is 5.75 Å². The van der Waals surface area contributed by atoms with Crippen molar-refractivity contribution in [1.29, 1.82) is 0 Å². The Morgan fingerprint density at radius 2 is 1.90 bits per heavy atom. The summed E-state index contributed by atoms with van der Waals surface area (Å²) in [6, 6.07) is 7.83. The van der Waals surface area contributed by atoms with Gasteiger partial charge in [-0.05, 0) is 50.4 Å². The summed E-state index contributed by atoms with van der Waals surface area (Å²) in [5.41, 5.74) is 6.53. The van der Waals surface area contributed by atoms with Crippen LogP contribution in [0.2, 0.25) is 0 Å². The number of halogens is 1. The lowest BCUT2D eigenvalue weighted by atomic mass is 10.1. The molecule has 0 radical (unpaired) electrons. The Labute approximate surface area is 127 Å². The Morgan fingerprint density at radius 3 is 2.50 bits per heavy atom. The van der Waals surface area contributed by atoms with Crippen LogP contribution in [0.4, 0.5) is 0 Å². The van der Waals surface area contributed by atoms with E-state index in [4.69, 9.17) is 15.2 Å². The molecule has 4 nitrogen and oxygen atoms in total. The summed E-state index contributed by atoms with van der Waals surface area (Å²) >= 11 is 0. The fourth-order valence-corrected chi connectivity index (χ4v) is 1.67. The predicted octanol–water partition coefficient (Wildman–Crippen LogP) is 2.72. The lowest BCUT2D eigenvalue weighted by molar-refractivity contribution is -0.143. The molecule has 0 bridgehead atoms. The number of carbonyl (C=O) groups excluding carboxylic acids is 1. The summed E-state index contributed by atoms with van der Waals surface area (Å²) in [4.78, 5) is 11.2. The molecule has 0 unspecified atom stereocenters. The Bertz CT molecular complexity index is 368. The lowest BCUT2D eigenvalue weighted by Gasteiger charge is -2.07. The summed E-state index contributed by atoms with van der Waals surface area (Å²) < 4.78 is 10.5. The van der Waals surface area contributed by atoms with Crippen molar-refractivity contribution in [3.63, 3.8) is 0 Å². The van der Waals surface area contributed by atoms with Crippen LogP contribution in [0.15, 0.2) is 24.3 Å². The van der Waals surface area contributed by atoms with Gasteiger partial charge in [-0.3, -0.25) is 4.79 Å². The third kappa shape index (κ3) is 8.02. The zero-order valence-electron chi connectivity index (χ0n) is 12.0. The maximum absolute atomic E-state index is 11.2. The van der Waals surface area contributed by atoms with Gasteiger partial charge < -0.3 is 15.2 Å². The summed E-state index contributed by atoms with van der Waals surface area (Å²) in [5.74, 6) is 0.710. The van der Waals surface area contributed by atoms with Crippen LogP contribution >= 0.6 is 12.4 Å². The average Bonchev–Trinajstić information content (AvgIpc) is 2.43. The number of nitrogens with two attached hydrogens (primary N) is 1. The number of carbonyl (C=O) groups is 1. The van der Waals surface area contributed by atoms with E-state index < -0.39 is 0 Å². The van der Waals surface area contributed by atoms with Gasteiger partial charge in [-0.15, -0.1) is 12.4 Å². The Morgan fingerprint density at radius 1 is 1.20 bits per heavy atom. The SMILES string of the molecule is CCOC(=O)CCc1ccc(OCCCCN)cc1.Cl. The molecular formula is C15H24ClNO3. The largest absolute Gasteiger partial charge is 0.494 e. The van der Waals surface area contributed by atoms with Gasteiger partial charge >= 0.3 is 5.97 Å². The molecule has 0 spiro atoms. The molecule has 1 aromatic carbocycles. The topological polar surface area (TPSA) is 61.5 Å². The molecule has 0 saturated carbocycles. The number of benzene rings is 1. The van der Waals surface area contributed by atoms with Crippen molar-refractivity contribution in [2.45, 2.75) is 32.6 Å². The van der Waals surface area contributed by atoms with Crippen molar-refractivity contribution in [1.82, 2.24) is 0 Å². The molecule has 0 aliphatic carbocycles. The Balaban J connectivity index is 0.00000361. The normalized spacial score (nSPS) is 9.70. The smallest absolute Gasteiger partial charge is 0.306 e. The second kappa shape index (κ2) is 11.6. The summed E-state index contributed by atoms with van der Waals surface area (Å²) in [7, 11) is 0. The van der Waals surface area contributed by atoms with Crippen LogP contribution in [0, 0.1) is 0 Å². The van der Waals surface area contributed by atoms with Crippen molar-refractivity contribution in [3.05, 3.63) is 29.8 Å². The van der Waals surface area contributed by atoms with Crippen molar-refractivity contribution in [2.24, 2.45) is 5.73 Å². The second-order valence-electron chi connectivity index (χ2n) is 4.29. The van der Waals surface area contributed by atoms with E-state index in [0.29, 0.717) is 32.6 Å². The van der Waals surface area contributed by atoms with E-state index in [1.54, 1.807) is 0 Å². The number of aryl methyl sites for hydroxylation is 1. The molecule has 20 heavy (non-hydrogen) atoms. The van der Waals surface area contributed by atoms with Gasteiger partial charge in [-0.2, -0.15) is 0 Å². The van der Waals surface area contributed by atoms with Crippen LogP contribution in [0.1, 0.15) is 31.7 Å². The number of rotatable bonds is 9. The monoisotopic (exact) mass is 301 g/mol. The van der Waals surface area contributed by atoms with E-state index in [-0.39, 0.29) is 18.4 Å². The molecule has 1 aromatic rings. The van der Waals surface area contributed by atoms with Gasteiger partial charge in [0.25, 0.3) is 0 Å². The highest BCUT2D eigenvalue weighted by Crippen LogP contribution is 2.14. The number of hydrogen-bond donors (Lipinski definition) is 1. The molecule has 2 N–H and O–H groups in total. The fourth-order valence-electron chi connectivity index (χ4n) is 1.67. The van der Waals surface area contributed by atoms with Crippen LogP contribution < -0.4 is 10.5 Å². The van der Waals surface area contributed by atoms with Crippen molar-refractivity contribution in [3.8, 4) is 5.75 Å². The molecule has 114 valence electrons. The van der Waals surface area contributed by atoms with Crippen LogP contribution in [-0.2, 0) is 16.0 Å². The molecular weight excluding hydrogens is 278 g/mol. The van der Waals surface area contributed by atoms with Crippen molar-refractivity contribution in [2.75, 3.05) is 19.8 Å². The first-order valence-electron chi connectivity index (χ1n) is 6.83. The van der Waals surface area contributed by atoms with E-state index >= 15 is 0 Å². The fraction of sp³-hybridized carbons (Fsp3) is 0.533. The maximum Gasteiger partial charge on any atom is 0.306 e. The van der Waals surface area contributed by atoms with Gasteiger partial charge in [0.05, 0.1) is 13.2 Å². The maximum atomic E-state index is 11.2. The minimum atomic E-state index is -0.149. The van der Waals surface area contributed by atoms with E-state index in [0.717, 1.165) is 24.2 Å². The van der Waals surface area contributed by atoms with Gasteiger partial charge in [-0.1, -0.05) is 12.1 Å². The molecule has 0 atom stereocenters. The highest BCUT2D eigenvalue weighted by Gasteiger charge is 2.02. The first-order chi connectivity index (χ1) is 9.26. The molecule has 1 rings (SSSR count). The molecule has 0 saturated heterocycles. The minimum Gasteiger partial charge on any atom is -0.494 e. The third-order valence-corrected chi connectivity index (χ3v) is 2.71. The Kier molecular flexibility index (Phi) is 10.8. The standard InChI is InChI=1S/C15H23NO3.ClH/c1-2-18-15(17)10-7-13-5-8-14(9-6-13)19-12-4-3-11-16;/h5-6,8-9H,2-4,7,10-12,16H2,1H3;1H. The van der Waals surface area contributed by atoms with E-state index in [2.05, 4.69) is 0 Å². The average molecular weight is 302 g/mol. The number of unbranched alkanes of at least 4 members (excludes halogenated alkanes) is 1. The zero-order chi connectivity index (χ0) is 13.9. The second-order valence-corrected chi connectivity index (χ2v) is 4.29. The summed E-state index contributed by atoms with van der Waals surface area (Å²) in [6.45, 7) is 3.65. The van der Waals surface area contributed by atoms with Crippen molar-refractivity contribution >= 4 is 18.4 Å². The quantitative estimate of drug-likeness (QED) is 0.563. The third-order valence-electron chi connectivity index (χ3n) is 2.71. The van der Waals surface area contributed by atoms with Gasteiger partial charge in [0, 0.05) is 6.42 Å².